The molecule has 4 heteroatoms. The lowest BCUT2D eigenvalue weighted by Gasteiger charge is -2.15. The van der Waals surface area contributed by atoms with Crippen LogP contribution in [0.3, 0.4) is 0 Å². The van der Waals surface area contributed by atoms with Crippen LogP contribution in [-0.2, 0) is 12.0 Å². The van der Waals surface area contributed by atoms with Crippen molar-refractivity contribution in [3.05, 3.63) is 45.2 Å². The topological polar surface area (TPSA) is 37.8 Å². The number of nitrogens with one attached hydrogen (secondary N) is 1. The molecule has 2 aromatic rings. The largest absolute Gasteiger partial charge is 0.304 e. The van der Waals surface area contributed by atoms with Crippen LogP contribution < -0.4 is 5.32 Å². The quantitative estimate of drug-likeness (QED) is 0.915. The zero-order valence-electron chi connectivity index (χ0n) is 13.8. The maximum Gasteiger partial charge on any atom is 0.0985 e. The molecule has 0 aliphatic rings. The second kappa shape index (κ2) is 6.24. The molecule has 0 radical (unpaired) electrons. The summed E-state index contributed by atoms with van der Waals surface area (Å²) in [7, 11) is 0. The average molecular weight is 303 g/mol. The van der Waals surface area contributed by atoms with Crippen LogP contribution >= 0.6 is 11.3 Å². The summed E-state index contributed by atoms with van der Waals surface area (Å²) in [4.78, 5) is 10.5. The van der Waals surface area contributed by atoms with Crippen LogP contribution in [0.1, 0.15) is 60.6 Å². The van der Waals surface area contributed by atoms with Gasteiger partial charge >= 0.3 is 0 Å². The van der Waals surface area contributed by atoms with Crippen LogP contribution in [0.15, 0.2) is 18.3 Å². The lowest BCUT2D eigenvalue weighted by atomic mass is 9.98. The average Bonchev–Trinajstić information content (AvgIpc) is 2.80. The minimum atomic E-state index is 0.116. The first kappa shape index (κ1) is 16.1. The molecule has 2 heterocycles. The number of hydrogen-bond acceptors (Lipinski definition) is 4. The third kappa shape index (κ3) is 3.89. The second-order valence-corrected chi connectivity index (χ2v) is 7.62. The Morgan fingerprint density at radius 2 is 2.00 bits per heavy atom. The highest BCUT2D eigenvalue weighted by Crippen LogP contribution is 2.32. The van der Waals surface area contributed by atoms with Crippen molar-refractivity contribution >= 4 is 11.3 Å². The van der Waals surface area contributed by atoms with Gasteiger partial charge < -0.3 is 5.32 Å². The molecule has 1 unspecified atom stereocenters. The Bertz CT molecular complexity index is 611. The minimum Gasteiger partial charge on any atom is -0.304 e. The van der Waals surface area contributed by atoms with Gasteiger partial charge in [0.05, 0.1) is 16.4 Å². The summed E-state index contributed by atoms with van der Waals surface area (Å²) < 4.78 is 0. The Labute approximate surface area is 131 Å². The fraction of sp³-hybridized carbons (Fsp3) is 0.529. The summed E-state index contributed by atoms with van der Waals surface area (Å²) in [5, 5.41) is 4.78. The van der Waals surface area contributed by atoms with Crippen molar-refractivity contribution in [3.63, 3.8) is 0 Å². The van der Waals surface area contributed by atoms with Crippen LogP contribution in [0.5, 0.6) is 0 Å². The Balaban J connectivity index is 2.09. The highest BCUT2D eigenvalue weighted by atomic mass is 32.1. The molecule has 0 fully saturated rings. The Kier molecular flexibility index (Phi) is 4.79. The SMILES string of the molecule is Cc1cccnc1CNC(C)c1sc(C(C)(C)C)nc1C. The maximum atomic E-state index is 4.74. The van der Waals surface area contributed by atoms with E-state index in [0.717, 1.165) is 17.9 Å². The summed E-state index contributed by atoms with van der Waals surface area (Å²) in [6.45, 7) is 13.8. The lowest BCUT2D eigenvalue weighted by Crippen LogP contribution is -2.19. The van der Waals surface area contributed by atoms with Crippen LogP contribution in [0, 0.1) is 13.8 Å². The predicted octanol–water partition coefficient (Wildman–Crippen LogP) is 4.30. The third-order valence-corrected chi connectivity index (χ3v) is 5.33. The normalized spacial score (nSPS) is 13.4. The van der Waals surface area contributed by atoms with Gasteiger partial charge in [0.2, 0.25) is 0 Å². The van der Waals surface area contributed by atoms with E-state index in [2.05, 4.69) is 57.9 Å². The van der Waals surface area contributed by atoms with Crippen molar-refractivity contribution < 1.29 is 0 Å². The molecule has 0 amide bonds. The molecule has 2 rings (SSSR count). The van der Waals surface area contributed by atoms with E-state index in [1.54, 1.807) is 0 Å². The van der Waals surface area contributed by atoms with Gasteiger partial charge in [-0.3, -0.25) is 4.98 Å². The van der Waals surface area contributed by atoms with Crippen LogP contribution in [0.25, 0.3) is 0 Å². The molecule has 2 aromatic heterocycles. The van der Waals surface area contributed by atoms with Crippen LogP contribution in [-0.4, -0.2) is 9.97 Å². The Morgan fingerprint density at radius 3 is 2.57 bits per heavy atom. The Hall–Kier alpha value is -1.26. The van der Waals surface area contributed by atoms with Crippen LogP contribution in [0.2, 0.25) is 0 Å². The van der Waals surface area contributed by atoms with E-state index >= 15 is 0 Å². The molecule has 0 saturated heterocycles. The smallest absolute Gasteiger partial charge is 0.0985 e. The van der Waals surface area contributed by atoms with Gasteiger partial charge in [0.15, 0.2) is 0 Å². The number of rotatable bonds is 4. The first-order chi connectivity index (χ1) is 9.79. The van der Waals surface area contributed by atoms with Gasteiger partial charge in [-0.05, 0) is 32.4 Å². The van der Waals surface area contributed by atoms with Gasteiger partial charge in [0.1, 0.15) is 0 Å². The van der Waals surface area contributed by atoms with Gasteiger partial charge in [-0.2, -0.15) is 0 Å². The second-order valence-electron chi connectivity index (χ2n) is 6.59. The molecular weight excluding hydrogens is 278 g/mol. The predicted molar refractivity (Wildman–Crippen MR) is 89.8 cm³/mol. The highest BCUT2D eigenvalue weighted by molar-refractivity contribution is 7.12. The van der Waals surface area contributed by atoms with Crippen molar-refractivity contribution in [2.75, 3.05) is 0 Å². The highest BCUT2D eigenvalue weighted by Gasteiger charge is 2.22. The van der Waals surface area contributed by atoms with E-state index in [0.29, 0.717) is 6.04 Å². The number of thiazole rings is 1. The molecule has 0 aromatic carbocycles. The summed E-state index contributed by atoms with van der Waals surface area (Å²) in [5.74, 6) is 0. The van der Waals surface area contributed by atoms with Gasteiger partial charge in [-0.25, -0.2) is 4.98 Å². The van der Waals surface area contributed by atoms with Crippen molar-refractivity contribution in [1.29, 1.82) is 0 Å². The summed E-state index contributed by atoms with van der Waals surface area (Å²) in [6, 6.07) is 4.37. The van der Waals surface area contributed by atoms with E-state index < -0.39 is 0 Å². The van der Waals surface area contributed by atoms with Crippen molar-refractivity contribution in [2.24, 2.45) is 0 Å². The lowest BCUT2D eigenvalue weighted by molar-refractivity contribution is 0.569. The summed E-state index contributed by atoms with van der Waals surface area (Å²) >= 11 is 1.82. The molecular formula is C17H25N3S. The van der Waals surface area contributed by atoms with Crippen molar-refractivity contribution in [2.45, 2.75) is 59.5 Å². The van der Waals surface area contributed by atoms with Crippen molar-refractivity contribution in [3.8, 4) is 0 Å². The van der Waals surface area contributed by atoms with E-state index in [9.17, 15) is 0 Å². The van der Waals surface area contributed by atoms with E-state index in [4.69, 9.17) is 4.98 Å². The molecule has 0 bridgehead atoms. The fourth-order valence-corrected chi connectivity index (χ4v) is 3.33. The molecule has 114 valence electrons. The molecule has 1 N–H and O–H groups in total. The molecule has 0 aliphatic heterocycles. The number of aromatic nitrogens is 2. The minimum absolute atomic E-state index is 0.116. The van der Waals surface area contributed by atoms with Gasteiger partial charge in [-0.15, -0.1) is 11.3 Å². The number of pyridine rings is 1. The molecule has 0 saturated carbocycles. The van der Waals surface area contributed by atoms with Gasteiger partial charge in [0, 0.05) is 29.1 Å². The van der Waals surface area contributed by atoms with E-state index in [-0.39, 0.29) is 5.41 Å². The van der Waals surface area contributed by atoms with Gasteiger partial charge in [-0.1, -0.05) is 26.8 Å². The third-order valence-electron chi connectivity index (χ3n) is 3.56. The zero-order chi connectivity index (χ0) is 15.6. The number of hydrogen-bond donors (Lipinski definition) is 1. The summed E-state index contributed by atoms with van der Waals surface area (Å²) in [5.41, 5.74) is 3.60. The first-order valence-corrected chi connectivity index (χ1v) is 8.22. The standard InChI is InChI=1S/C17H25N3S/c1-11-8-7-9-18-14(11)10-19-12(2)15-13(3)20-16(21-15)17(4,5)6/h7-9,12,19H,10H2,1-6H3. The molecule has 21 heavy (non-hydrogen) atoms. The summed E-state index contributed by atoms with van der Waals surface area (Å²) in [6.07, 6.45) is 1.85. The molecule has 1 atom stereocenters. The van der Waals surface area contributed by atoms with E-state index in [1.165, 1.54) is 15.4 Å². The van der Waals surface area contributed by atoms with E-state index in [1.807, 2.05) is 23.6 Å². The first-order valence-electron chi connectivity index (χ1n) is 7.40. The molecule has 0 spiro atoms. The van der Waals surface area contributed by atoms with Crippen LogP contribution in [0.4, 0.5) is 0 Å². The van der Waals surface area contributed by atoms with Crippen molar-refractivity contribution in [1.82, 2.24) is 15.3 Å². The number of aryl methyl sites for hydroxylation is 2. The maximum absolute atomic E-state index is 4.74. The molecule has 3 nitrogen and oxygen atoms in total. The molecule has 0 aliphatic carbocycles. The van der Waals surface area contributed by atoms with Gasteiger partial charge in [0.25, 0.3) is 0 Å². The monoisotopic (exact) mass is 303 g/mol. The zero-order valence-corrected chi connectivity index (χ0v) is 14.6. The number of nitrogens with zero attached hydrogens (tertiary/aromatic N) is 2. The fourth-order valence-electron chi connectivity index (χ4n) is 2.18. The Morgan fingerprint density at radius 1 is 1.29 bits per heavy atom.